The quantitative estimate of drug-likeness (QED) is 0.707. The zero-order chi connectivity index (χ0) is 20.9. The Balaban J connectivity index is 1.34. The Labute approximate surface area is 181 Å². The van der Waals surface area contributed by atoms with Gasteiger partial charge in [0.25, 0.3) is 5.91 Å². The number of benzene rings is 1. The van der Waals surface area contributed by atoms with Crippen LogP contribution in [0.2, 0.25) is 0 Å². The minimum atomic E-state index is -0.224. The van der Waals surface area contributed by atoms with Crippen LogP contribution in [-0.2, 0) is 12.8 Å². The Morgan fingerprint density at radius 1 is 1.23 bits per heavy atom. The van der Waals surface area contributed by atoms with Gasteiger partial charge in [0.1, 0.15) is 11.2 Å². The van der Waals surface area contributed by atoms with Gasteiger partial charge in [-0.1, -0.05) is 39.3 Å². The van der Waals surface area contributed by atoms with E-state index in [4.69, 9.17) is 9.47 Å². The molecule has 158 valence electrons. The van der Waals surface area contributed by atoms with E-state index >= 15 is 0 Å². The van der Waals surface area contributed by atoms with Crippen LogP contribution < -0.4 is 20.1 Å². The summed E-state index contributed by atoms with van der Waals surface area (Å²) < 4.78 is 10.8. The molecule has 1 aliphatic carbocycles. The average molecular weight is 425 g/mol. The van der Waals surface area contributed by atoms with Gasteiger partial charge < -0.3 is 20.1 Å². The highest BCUT2D eigenvalue weighted by molar-refractivity contribution is 7.16. The van der Waals surface area contributed by atoms with Crippen molar-refractivity contribution in [2.24, 2.45) is 11.3 Å². The lowest BCUT2D eigenvalue weighted by Crippen LogP contribution is -2.43. The summed E-state index contributed by atoms with van der Waals surface area (Å²) in [7, 11) is 0. The third kappa shape index (κ3) is 3.37. The maximum Gasteiger partial charge on any atom is 0.256 e. The Kier molecular flexibility index (Phi) is 4.77. The number of rotatable bonds is 4. The molecule has 0 saturated carbocycles. The van der Waals surface area contributed by atoms with Gasteiger partial charge in [0.05, 0.1) is 5.56 Å². The SMILES string of the molecule is CCC(C)(C)[C@H]1CCc2c(sc3c2C(=O)N[C@H](/C=C/c2ccc4c(c2)OCO4)N3)C1. The van der Waals surface area contributed by atoms with Gasteiger partial charge in [0.2, 0.25) is 6.79 Å². The molecule has 0 bridgehead atoms. The predicted octanol–water partition coefficient (Wildman–Crippen LogP) is 5.21. The molecule has 5 nitrogen and oxygen atoms in total. The van der Waals surface area contributed by atoms with E-state index in [2.05, 4.69) is 31.4 Å². The topological polar surface area (TPSA) is 59.6 Å². The second-order valence-corrected chi connectivity index (χ2v) is 10.2. The monoisotopic (exact) mass is 424 g/mol. The maximum absolute atomic E-state index is 12.9. The highest BCUT2D eigenvalue weighted by atomic mass is 32.1. The fourth-order valence-electron chi connectivity index (χ4n) is 4.59. The molecular formula is C24H28N2O3S. The van der Waals surface area contributed by atoms with Crippen LogP contribution >= 0.6 is 11.3 Å². The molecule has 0 fully saturated rings. The molecule has 1 aromatic heterocycles. The molecule has 0 unspecified atom stereocenters. The summed E-state index contributed by atoms with van der Waals surface area (Å²) in [5.41, 5.74) is 3.49. The molecule has 2 atom stereocenters. The Morgan fingerprint density at radius 3 is 2.90 bits per heavy atom. The molecule has 3 heterocycles. The van der Waals surface area contributed by atoms with Crippen molar-refractivity contribution < 1.29 is 14.3 Å². The summed E-state index contributed by atoms with van der Waals surface area (Å²) in [5.74, 6) is 2.25. The van der Waals surface area contributed by atoms with Crippen LogP contribution in [0.4, 0.5) is 5.00 Å². The molecule has 0 spiro atoms. The highest BCUT2D eigenvalue weighted by Crippen LogP contribution is 2.46. The summed E-state index contributed by atoms with van der Waals surface area (Å²) in [4.78, 5) is 14.3. The van der Waals surface area contributed by atoms with Gasteiger partial charge in [0, 0.05) is 4.88 Å². The fraction of sp³-hybridized carbons (Fsp3) is 0.458. The summed E-state index contributed by atoms with van der Waals surface area (Å²) in [6, 6.07) is 5.85. The van der Waals surface area contributed by atoms with Crippen LogP contribution in [0.5, 0.6) is 11.5 Å². The van der Waals surface area contributed by atoms with E-state index in [9.17, 15) is 4.79 Å². The van der Waals surface area contributed by atoms with Crippen molar-refractivity contribution in [1.82, 2.24) is 5.32 Å². The maximum atomic E-state index is 12.9. The number of nitrogens with one attached hydrogen (secondary N) is 2. The first kappa shape index (κ1) is 19.5. The number of ether oxygens (including phenoxy) is 2. The molecule has 2 aromatic rings. The number of carbonyl (C=O) groups is 1. The van der Waals surface area contributed by atoms with Gasteiger partial charge in [-0.05, 0) is 59.9 Å². The second-order valence-electron chi connectivity index (χ2n) is 9.06. The minimum absolute atomic E-state index is 0.0368. The Morgan fingerprint density at radius 2 is 2.07 bits per heavy atom. The van der Waals surface area contributed by atoms with E-state index in [-0.39, 0.29) is 18.9 Å². The summed E-state index contributed by atoms with van der Waals surface area (Å²) in [5, 5.41) is 7.63. The highest BCUT2D eigenvalue weighted by Gasteiger charge is 2.36. The van der Waals surface area contributed by atoms with Crippen molar-refractivity contribution in [3.05, 3.63) is 45.8 Å². The molecular weight excluding hydrogens is 396 g/mol. The number of thiophene rings is 1. The summed E-state index contributed by atoms with van der Waals surface area (Å²) in [6.45, 7) is 7.29. The standard InChI is InChI=1S/C24H28N2O3S/c1-4-24(2,3)15-7-8-16-19(12-15)30-23-21(16)22(27)25-20(26-23)10-6-14-5-9-17-18(11-14)29-13-28-17/h5-6,9-11,15,20,26H,4,7-8,12-13H2,1-3H3,(H,25,27)/b10-6+/t15-,20-/m0/s1. The lowest BCUT2D eigenvalue weighted by molar-refractivity contribution is 0.0942. The lowest BCUT2D eigenvalue weighted by atomic mass is 9.69. The zero-order valence-corrected chi connectivity index (χ0v) is 18.5. The van der Waals surface area contributed by atoms with Gasteiger partial charge in [-0.25, -0.2) is 0 Å². The molecule has 1 amide bonds. The van der Waals surface area contributed by atoms with E-state index in [0.717, 1.165) is 46.9 Å². The van der Waals surface area contributed by atoms with Crippen LogP contribution in [0.25, 0.3) is 6.08 Å². The van der Waals surface area contributed by atoms with Gasteiger partial charge >= 0.3 is 0 Å². The van der Waals surface area contributed by atoms with Gasteiger partial charge in [-0.3, -0.25) is 4.79 Å². The third-order valence-electron chi connectivity index (χ3n) is 6.96. The number of fused-ring (bicyclic) bond motifs is 4. The molecule has 2 N–H and O–H groups in total. The molecule has 0 saturated heterocycles. The normalized spacial score (nSPS) is 22.4. The molecule has 3 aliphatic rings. The first-order chi connectivity index (χ1) is 14.4. The second kappa shape index (κ2) is 7.34. The van der Waals surface area contributed by atoms with Crippen LogP contribution in [0.3, 0.4) is 0 Å². The number of amides is 1. The first-order valence-electron chi connectivity index (χ1n) is 10.7. The molecule has 6 heteroatoms. The smallest absolute Gasteiger partial charge is 0.256 e. The van der Waals surface area contributed by atoms with Gasteiger partial charge in [-0.15, -0.1) is 11.3 Å². The van der Waals surface area contributed by atoms with Crippen molar-refractivity contribution in [1.29, 1.82) is 0 Å². The van der Waals surface area contributed by atoms with E-state index in [0.29, 0.717) is 11.3 Å². The first-order valence-corrected chi connectivity index (χ1v) is 11.6. The molecule has 1 aromatic carbocycles. The largest absolute Gasteiger partial charge is 0.454 e. The average Bonchev–Trinajstić information content (AvgIpc) is 3.35. The predicted molar refractivity (Wildman–Crippen MR) is 120 cm³/mol. The molecule has 30 heavy (non-hydrogen) atoms. The van der Waals surface area contributed by atoms with Gasteiger partial charge in [0.15, 0.2) is 11.5 Å². The summed E-state index contributed by atoms with van der Waals surface area (Å²) >= 11 is 1.77. The van der Waals surface area contributed by atoms with E-state index in [1.807, 2.05) is 30.4 Å². The van der Waals surface area contributed by atoms with Crippen molar-refractivity contribution >= 4 is 28.3 Å². The number of anilines is 1. The number of hydrogen-bond donors (Lipinski definition) is 2. The summed E-state index contributed by atoms with van der Waals surface area (Å²) in [6.07, 6.45) is 8.20. The van der Waals surface area contributed by atoms with E-state index < -0.39 is 0 Å². The Bertz CT molecular complexity index is 1020. The van der Waals surface area contributed by atoms with Crippen molar-refractivity contribution in [2.75, 3.05) is 12.1 Å². The molecule has 2 aliphatic heterocycles. The third-order valence-corrected chi connectivity index (χ3v) is 8.15. The van der Waals surface area contributed by atoms with Gasteiger partial charge in [-0.2, -0.15) is 0 Å². The van der Waals surface area contributed by atoms with Crippen LogP contribution in [0.15, 0.2) is 24.3 Å². The zero-order valence-electron chi connectivity index (χ0n) is 17.7. The van der Waals surface area contributed by atoms with E-state index in [1.165, 1.54) is 16.9 Å². The van der Waals surface area contributed by atoms with Crippen molar-refractivity contribution in [2.45, 2.75) is 52.6 Å². The van der Waals surface area contributed by atoms with Crippen LogP contribution in [0, 0.1) is 11.3 Å². The van der Waals surface area contributed by atoms with Crippen LogP contribution in [0.1, 0.15) is 60.0 Å². The van der Waals surface area contributed by atoms with Crippen molar-refractivity contribution in [3.63, 3.8) is 0 Å². The molecule has 0 radical (unpaired) electrons. The number of hydrogen-bond acceptors (Lipinski definition) is 5. The van der Waals surface area contributed by atoms with Crippen molar-refractivity contribution in [3.8, 4) is 11.5 Å². The fourth-order valence-corrected chi connectivity index (χ4v) is 5.96. The van der Waals surface area contributed by atoms with Crippen LogP contribution in [-0.4, -0.2) is 18.9 Å². The number of carbonyl (C=O) groups excluding carboxylic acids is 1. The minimum Gasteiger partial charge on any atom is -0.454 e. The lowest BCUT2D eigenvalue weighted by Gasteiger charge is -2.36. The van der Waals surface area contributed by atoms with E-state index in [1.54, 1.807) is 11.3 Å². The Hall–Kier alpha value is -2.47. The molecule has 5 rings (SSSR count).